The number of hydrogen-bond donors (Lipinski definition) is 0. The summed E-state index contributed by atoms with van der Waals surface area (Å²) in [6.45, 7) is 0.896. The van der Waals surface area contributed by atoms with Crippen LogP contribution in [0, 0.1) is 5.82 Å². The van der Waals surface area contributed by atoms with Gasteiger partial charge in [-0.05, 0) is 30.2 Å². The zero-order chi connectivity index (χ0) is 14.8. The molecule has 1 saturated heterocycles. The van der Waals surface area contributed by atoms with Crippen LogP contribution in [0.15, 0.2) is 24.5 Å². The fourth-order valence-corrected chi connectivity index (χ4v) is 2.15. The molecule has 0 unspecified atom stereocenters. The molecule has 1 aliphatic heterocycles. The van der Waals surface area contributed by atoms with Gasteiger partial charge in [0.05, 0.1) is 12.8 Å². The van der Waals surface area contributed by atoms with E-state index in [-0.39, 0.29) is 11.0 Å². The van der Waals surface area contributed by atoms with Crippen molar-refractivity contribution >= 4 is 23.5 Å². The van der Waals surface area contributed by atoms with Crippen molar-refractivity contribution in [3.8, 4) is 11.3 Å². The molecule has 0 bridgehead atoms. The molecule has 0 saturated carbocycles. The Bertz CT molecular complexity index is 698. The number of aromatic nitrogens is 3. The van der Waals surface area contributed by atoms with Crippen molar-refractivity contribution in [3.63, 3.8) is 0 Å². The standard InChI is InChI=1S/C13H10ClFN4O2/c14-12-17-7-9(15)11(18-12)8-2-3-16-10(6-8)19-4-1-5-21-13(19)20/h2-3,6-7H,1,4-5H2. The number of hydrogen-bond acceptors (Lipinski definition) is 5. The second-order valence-corrected chi connectivity index (χ2v) is 4.70. The highest BCUT2D eigenvalue weighted by Gasteiger charge is 2.23. The molecule has 108 valence electrons. The van der Waals surface area contributed by atoms with Crippen LogP contribution in [0.2, 0.25) is 5.28 Å². The van der Waals surface area contributed by atoms with E-state index in [2.05, 4.69) is 15.0 Å². The molecule has 0 aromatic carbocycles. The fourth-order valence-electron chi connectivity index (χ4n) is 2.02. The number of nitrogens with zero attached hydrogens (tertiary/aromatic N) is 4. The minimum absolute atomic E-state index is 0.0536. The van der Waals surface area contributed by atoms with E-state index in [9.17, 15) is 9.18 Å². The summed E-state index contributed by atoms with van der Waals surface area (Å²) in [5, 5.41) is -0.0536. The summed E-state index contributed by atoms with van der Waals surface area (Å²) in [7, 11) is 0. The number of carbonyl (C=O) groups excluding carboxylic acids is 1. The normalized spacial score (nSPS) is 15.0. The molecule has 6 nitrogen and oxygen atoms in total. The van der Waals surface area contributed by atoms with Crippen LogP contribution in [-0.4, -0.2) is 34.2 Å². The van der Waals surface area contributed by atoms with Crippen LogP contribution in [-0.2, 0) is 4.74 Å². The summed E-state index contributed by atoms with van der Waals surface area (Å²) in [5.41, 5.74) is 0.518. The summed E-state index contributed by atoms with van der Waals surface area (Å²) in [4.78, 5) is 24.7. The molecule has 2 aromatic rings. The van der Waals surface area contributed by atoms with Gasteiger partial charge in [0.1, 0.15) is 11.5 Å². The fraction of sp³-hybridized carbons (Fsp3) is 0.231. The highest BCUT2D eigenvalue weighted by atomic mass is 35.5. The Morgan fingerprint density at radius 3 is 3.05 bits per heavy atom. The van der Waals surface area contributed by atoms with E-state index in [1.165, 1.54) is 11.1 Å². The minimum atomic E-state index is -0.599. The Morgan fingerprint density at radius 1 is 1.38 bits per heavy atom. The van der Waals surface area contributed by atoms with Gasteiger partial charge in [-0.25, -0.2) is 24.1 Å². The third-order valence-electron chi connectivity index (χ3n) is 2.98. The number of rotatable bonds is 2. The largest absolute Gasteiger partial charge is 0.449 e. The number of carbonyl (C=O) groups is 1. The lowest BCUT2D eigenvalue weighted by Crippen LogP contribution is -2.38. The van der Waals surface area contributed by atoms with Gasteiger partial charge >= 0.3 is 6.09 Å². The molecule has 1 amide bonds. The van der Waals surface area contributed by atoms with Crippen molar-refractivity contribution in [2.75, 3.05) is 18.1 Å². The monoisotopic (exact) mass is 308 g/mol. The quantitative estimate of drug-likeness (QED) is 0.798. The van der Waals surface area contributed by atoms with E-state index in [0.717, 1.165) is 6.20 Å². The van der Waals surface area contributed by atoms with Crippen LogP contribution in [0.5, 0.6) is 0 Å². The number of pyridine rings is 1. The Kier molecular flexibility index (Phi) is 3.66. The van der Waals surface area contributed by atoms with Crippen molar-refractivity contribution in [2.45, 2.75) is 6.42 Å². The topological polar surface area (TPSA) is 68.2 Å². The summed E-state index contributed by atoms with van der Waals surface area (Å²) >= 11 is 5.69. The van der Waals surface area contributed by atoms with Gasteiger partial charge in [0.25, 0.3) is 0 Å². The molecule has 2 aromatic heterocycles. The number of halogens is 2. The maximum absolute atomic E-state index is 13.8. The van der Waals surface area contributed by atoms with E-state index in [0.29, 0.717) is 31.0 Å². The lowest BCUT2D eigenvalue weighted by molar-refractivity contribution is 0.140. The molecular weight excluding hydrogens is 299 g/mol. The SMILES string of the molecule is O=C1OCCCN1c1cc(-c2nc(Cl)ncc2F)ccn1. The summed E-state index contributed by atoms with van der Waals surface area (Å²) in [6, 6.07) is 3.15. The van der Waals surface area contributed by atoms with E-state index in [4.69, 9.17) is 16.3 Å². The Balaban J connectivity index is 2.00. The maximum atomic E-state index is 13.8. The first kappa shape index (κ1) is 13.7. The van der Waals surface area contributed by atoms with Gasteiger partial charge < -0.3 is 4.74 Å². The lowest BCUT2D eigenvalue weighted by atomic mass is 10.1. The molecule has 0 spiro atoms. The van der Waals surface area contributed by atoms with Crippen molar-refractivity contribution in [1.82, 2.24) is 15.0 Å². The molecule has 0 N–H and O–H groups in total. The molecule has 1 fully saturated rings. The zero-order valence-electron chi connectivity index (χ0n) is 10.8. The Hall–Kier alpha value is -2.28. The van der Waals surface area contributed by atoms with Crippen LogP contribution in [0.3, 0.4) is 0 Å². The van der Waals surface area contributed by atoms with Crippen LogP contribution < -0.4 is 4.90 Å². The average Bonchev–Trinajstić information content (AvgIpc) is 2.50. The first-order valence-electron chi connectivity index (χ1n) is 6.24. The van der Waals surface area contributed by atoms with Gasteiger partial charge in [-0.15, -0.1) is 0 Å². The van der Waals surface area contributed by atoms with E-state index in [1.54, 1.807) is 12.1 Å². The van der Waals surface area contributed by atoms with Crippen molar-refractivity contribution in [2.24, 2.45) is 0 Å². The van der Waals surface area contributed by atoms with Gasteiger partial charge in [0, 0.05) is 18.3 Å². The second-order valence-electron chi connectivity index (χ2n) is 4.36. The van der Waals surface area contributed by atoms with Crippen LogP contribution in [0.25, 0.3) is 11.3 Å². The third-order valence-corrected chi connectivity index (χ3v) is 3.16. The molecule has 0 radical (unpaired) electrons. The predicted octanol–water partition coefficient (Wildman–Crippen LogP) is 2.68. The van der Waals surface area contributed by atoms with Gasteiger partial charge in [-0.2, -0.15) is 0 Å². The smallest absolute Gasteiger partial charge is 0.415 e. The molecule has 0 atom stereocenters. The highest BCUT2D eigenvalue weighted by Crippen LogP contribution is 2.25. The van der Waals surface area contributed by atoms with E-state index < -0.39 is 11.9 Å². The first-order valence-corrected chi connectivity index (χ1v) is 6.62. The third kappa shape index (κ3) is 2.78. The summed E-state index contributed by atoms with van der Waals surface area (Å²) in [5.74, 6) is -0.218. The molecule has 8 heteroatoms. The van der Waals surface area contributed by atoms with Crippen molar-refractivity contribution in [3.05, 3.63) is 35.6 Å². The lowest BCUT2D eigenvalue weighted by Gasteiger charge is -2.25. The summed E-state index contributed by atoms with van der Waals surface area (Å²) in [6.07, 6.45) is 2.72. The van der Waals surface area contributed by atoms with Crippen molar-refractivity contribution < 1.29 is 13.9 Å². The van der Waals surface area contributed by atoms with Crippen LogP contribution in [0.1, 0.15) is 6.42 Å². The minimum Gasteiger partial charge on any atom is -0.449 e. The number of amides is 1. The predicted molar refractivity (Wildman–Crippen MR) is 73.5 cm³/mol. The molecule has 0 aliphatic carbocycles. The Labute approximate surface area is 124 Å². The maximum Gasteiger partial charge on any atom is 0.415 e. The number of cyclic esters (lactones) is 1. The van der Waals surface area contributed by atoms with Crippen LogP contribution in [0.4, 0.5) is 15.0 Å². The average molecular weight is 309 g/mol. The van der Waals surface area contributed by atoms with Gasteiger partial charge in [0.15, 0.2) is 5.82 Å². The molecule has 3 rings (SSSR count). The second kappa shape index (κ2) is 5.61. The van der Waals surface area contributed by atoms with Crippen LogP contribution >= 0.6 is 11.6 Å². The number of anilines is 1. The summed E-state index contributed by atoms with van der Waals surface area (Å²) < 4.78 is 18.8. The molecular formula is C13H10ClFN4O2. The van der Waals surface area contributed by atoms with Gasteiger partial charge in [0.2, 0.25) is 5.28 Å². The number of ether oxygens (including phenoxy) is 1. The van der Waals surface area contributed by atoms with Crippen molar-refractivity contribution in [1.29, 1.82) is 0 Å². The van der Waals surface area contributed by atoms with Gasteiger partial charge in [-0.3, -0.25) is 4.90 Å². The van der Waals surface area contributed by atoms with E-state index in [1.807, 2.05) is 0 Å². The molecule has 1 aliphatic rings. The molecule has 3 heterocycles. The van der Waals surface area contributed by atoms with Gasteiger partial charge in [-0.1, -0.05) is 0 Å². The van der Waals surface area contributed by atoms with E-state index >= 15 is 0 Å². The zero-order valence-corrected chi connectivity index (χ0v) is 11.5. The first-order chi connectivity index (χ1) is 10.1. The highest BCUT2D eigenvalue weighted by molar-refractivity contribution is 6.28. The molecule has 21 heavy (non-hydrogen) atoms. The Morgan fingerprint density at radius 2 is 2.24 bits per heavy atom.